The maximum Gasteiger partial charge on any atom is 0.0585 e. The van der Waals surface area contributed by atoms with Gasteiger partial charge < -0.3 is 15.2 Å². The SMILES string of the molecule is CCCCCOCCC(CO)NCCC. The van der Waals surface area contributed by atoms with Crippen LogP contribution in [0.3, 0.4) is 0 Å². The predicted molar refractivity (Wildman–Crippen MR) is 64.1 cm³/mol. The van der Waals surface area contributed by atoms with Gasteiger partial charge in [-0.2, -0.15) is 0 Å². The molecule has 0 bridgehead atoms. The lowest BCUT2D eigenvalue weighted by atomic mass is 10.2. The van der Waals surface area contributed by atoms with Crippen LogP contribution in [0.1, 0.15) is 46.0 Å². The summed E-state index contributed by atoms with van der Waals surface area (Å²) in [5.41, 5.74) is 0. The fourth-order valence-corrected chi connectivity index (χ4v) is 1.39. The normalized spacial score (nSPS) is 13.0. The molecule has 0 aliphatic rings. The van der Waals surface area contributed by atoms with Crippen LogP contribution in [0.25, 0.3) is 0 Å². The Morgan fingerprint density at radius 1 is 1.13 bits per heavy atom. The summed E-state index contributed by atoms with van der Waals surface area (Å²) < 4.78 is 5.50. The van der Waals surface area contributed by atoms with Crippen molar-refractivity contribution in [1.82, 2.24) is 5.32 Å². The molecule has 2 N–H and O–H groups in total. The van der Waals surface area contributed by atoms with E-state index in [1.54, 1.807) is 0 Å². The Labute approximate surface area is 94.2 Å². The Morgan fingerprint density at radius 3 is 2.53 bits per heavy atom. The van der Waals surface area contributed by atoms with E-state index in [1.165, 1.54) is 12.8 Å². The van der Waals surface area contributed by atoms with E-state index in [2.05, 4.69) is 19.2 Å². The van der Waals surface area contributed by atoms with Gasteiger partial charge in [0.05, 0.1) is 6.61 Å². The number of hydrogen-bond donors (Lipinski definition) is 2. The first kappa shape index (κ1) is 14.9. The third-order valence-electron chi connectivity index (χ3n) is 2.41. The van der Waals surface area contributed by atoms with E-state index < -0.39 is 0 Å². The van der Waals surface area contributed by atoms with Crippen LogP contribution in [0.2, 0.25) is 0 Å². The molecule has 3 nitrogen and oxygen atoms in total. The highest BCUT2D eigenvalue weighted by molar-refractivity contribution is 4.64. The van der Waals surface area contributed by atoms with Crippen molar-refractivity contribution in [2.45, 2.75) is 52.0 Å². The van der Waals surface area contributed by atoms with Crippen LogP contribution in [0, 0.1) is 0 Å². The van der Waals surface area contributed by atoms with Gasteiger partial charge in [-0.05, 0) is 25.8 Å². The van der Waals surface area contributed by atoms with Crippen LogP contribution in [0.15, 0.2) is 0 Å². The van der Waals surface area contributed by atoms with Gasteiger partial charge in [-0.25, -0.2) is 0 Å². The number of nitrogens with one attached hydrogen (secondary N) is 1. The number of hydrogen-bond acceptors (Lipinski definition) is 3. The average Bonchev–Trinajstić information content (AvgIpc) is 2.27. The lowest BCUT2D eigenvalue weighted by molar-refractivity contribution is 0.111. The molecule has 0 aliphatic carbocycles. The highest BCUT2D eigenvalue weighted by atomic mass is 16.5. The first-order valence-corrected chi connectivity index (χ1v) is 6.27. The van der Waals surface area contributed by atoms with Crippen LogP contribution in [-0.2, 0) is 4.74 Å². The van der Waals surface area contributed by atoms with Crippen molar-refractivity contribution in [3.8, 4) is 0 Å². The zero-order valence-electron chi connectivity index (χ0n) is 10.3. The summed E-state index contributed by atoms with van der Waals surface area (Å²) in [6.07, 6.45) is 5.65. The van der Waals surface area contributed by atoms with Gasteiger partial charge in [0.15, 0.2) is 0 Å². The van der Waals surface area contributed by atoms with Gasteiger partial charge in [0.25, 0.3) is 0 Å². The minimum Gasteiger partial charge on any atom is -0.395 e. The first-order valence-electron chi connectivity index (χ1n) is 6.27. The lowest BCUT2D eigenvalue weighted by Crippen LogP contribution is -2.34. The lowest BCUT2D eigenvalue weighted by Gasteiger charge is -2.15. The van der Waals surface area contributed by atoms with E-state index in [4.69, 9.17) is 9.84 Å². The zero-order chi connectivity index (χ0) is 11.4. The van der Waals surface area contributed by atoms with E-state index in [-0.39, 0.29) is 12.6 Å². The van der Waals surface area contributed by atoms with Gasteiger partial charge in [0.2, 0.25) is 0 Å². The van der Waals surface area contributed by atoms with E-state index in [1.807, 2.05) is 0 Å². The smallest absolute Gasteiger partial charge is 0.0585 e. The molecule has 0 amide bonds. The summed E-state index contributed by atoms with van der Waals surface area (Å²) in [5, 5.41) is 12.4. The van der Waals surface area contributed by atoms with Gasteiger partial charge >= 0.3 is 0 Å². The topological polar surface area (TPSA) is 41.5 Å². The maximum atomic E-state index is 9.08. The second-order valence-corrected chi connectivity index (χ2v) is 3.94. The van der Waals surface area contributed by atoms with Crippen LogP contribution in [-0.4, -0.2) is 37.5 Å². The standard InChI is InChI=1S/C12H27NO2/c1-3-5-6-9-15-10-7-12(11-14)13-8-4-2/h12-14H,3-11H2,1-2H3. The van der Waals surface area contributed by atoms with E-state index >= 15 is 0 Å². The number of aliphatic hydroxyl groups is 1. The van der Waals surface area contributed by atoms with E-state index in [9.17, 15) is 0 Å². The zero-order valence-corrected chi connectivity index (χ0v) is 10.3. The molecule has 0 rings (SSSR count). The van der Waals surface area contributed by atoms with Crippen molar-refractivity contribution in [2.75, 3.05) is 26.4 Å². The molecule has 1 atom stereocenters. The summed E-state index contributed by atoms with van der Waals surface area (Å²) >= 11 is 0. The quantitative estimate of drug-likeness (QED) is 0.520. The van der Waals surface area contributed by atoms with Crippen LogP contribution in [0.5, 0.6) is 0 Å². The van der Waals surface area contributed by atoms with Gasteiger partial charge in [-0.3, -0.25) is 0 Å². The molecule has 0 radical (unpaired) electrons. The monoisotopic (exact) mass is 217 g/mol. The molecular weight excluding hydrogens is 190 g/mol. The first-order chi connectivity index (χ1) is 7.35. The number of unbranched alkanes of at least 4 members (excludes halogenated alkanes) is 2. The van der Waals surface area contributed by atoms with Gasteiger partial charge in [-0.1, -0.05) is 26.7 Å². The van der Waals surface area contributed by atoms with Crippen molar-refractivity contribution in [3.05, 3.63) is 0 Å². The summed E-state index contributed by atoms with van der Waals surface area (Å²) in [6.45, 7) is 7.12. The number of aliphatic hydroxyl groups excluding tert-OH is 1. The number of rotatable bonds is 11. The Kier molecular flexibility index (Phi) is 11.9. The highest BCUT2D eigenvalue weighted by Gasteiger charge is 2.04. The fraction of sp³-hybridized carbons (Fsp3) is 1.00. The minimum absolute atomic E-state index is 0.205. The molecular formula is C12H27NO2. The van der Waals surface area contributed by atoms with Gasteiger partial charge in [0, 0.05) is 19.3 Å². The molecule has 0 fully saturated rings. The Bertz CT molecular complexity index is 120. The van der Waals surface area contributed by atoms with E-state index in [0.29, 0.717) is 0 Å². The molecule has 3 heteroatoms. The largest absolute Gasteiger partial charge is 0.395 e. The second kappa shape index (κ2) is 12.0. The van der Waals surface area contributed by atoms with Gasteiger partial charge in [-0.15, -0.1) is 0 Å². The minimum atomic E-state index is 0.205. The second-order valence-electron chi connectivity index (χ2n) is 3.94. The Morgan fingerprint density at radius 2 is 1.93 bits per heavy atom. The van der Waals surface area contributed by atoms with E-state index in [0.717, 1.165) is 39.0 Å². The third kappa shape index (κ3) is 10.2. The molecule has 0 spiro atoms. The third-order valence-corrected chi connectivity index (χ3v) is 2.41. The van der Waals surface area contributed by atoms with Crippen molar-refractivity contribution >= 4 is 0 Å². The van der Waals surface area contributed by atoms with Crippen molar-refractivity contribution < 1.29 is 9.84 Å². The summed E-state index contributed by atoms with van der Waals surface area (Å²) in [5.74, 6) is 0. The molecule has 15 heavy (non-hydrogen) atoms. The molecule has 0 heterocycles. The number of ether oxygens (including phenoxy) is 1. The van der Waals surface area contributed by atoms with Crippen LogP contribution < -0.4 is 5.32 Å². The molecule has 92 valence electrons. The summed E-state index contributed by atoms with van der Waals surface area (Å²) in [6, 6.07) is 0.205. The maximum absolute atomic E-state index is 9.08. The van der Waals surface area contributed by atoms with Crippen LogP contribution >= 0.6 is 0 Å². The summed E-state index contributed by atoms with van der Waals surface area (Å²) in [4.78, 5) is 0. The Hall–Kier alpha value is -0.120. The molecule has 0 aromatic rings. The van der Waals surface area contributed by atoms with Crippen molar-refractivity contribution in [3.63, 3.8) is 0 Å². The van der Waals surface area contributed by atoms with Gasteiger partial charge in [0.1, 0.15) is 0 Å². The van der Waals surface area contributed by atoms with Crippen molar-refractivity contribution in [2.24, 2.45) is 0 Å². The molecule has 1 unspecified atom stereocenters. The Balaban J connectivity index is 3.22. The molecule has 0 saturated heterocycles. The average molecular weight is 217 g/mol. The molecule has 0 saturated carbocycles. The molecule has 0 aromatic heterocycles. The predicted octanol–water partition coefficient (Wildman–Crippen LogP) is 1.94. The highest BCUT2D eigenvalue weighted by Crippen LogP contribution is 1.97. The summed E-state index contributed by atoms with van der Waals surface area (Å²) in [7, 11) is 0. The fourth-order valence-electron chi connectivity index (χ4n) is 1.39. The van der Waals surface area contributed by atoms with Crippen molar-refractivity contribution in [1.29, 1.82) is 0 Å². The van der Waals surface area contributed by atoms with Crippen LogP contribution in [0.4, 0.5) is 0 Å². The molecule has 0 aromatic carbocycles. The molecule has 0 aliphatic heterocycles.